The third kappa shape index (κ3) is 4.21. The zero-order valence-electron chi connectivity index (χ0n) is 13.3. The highest BCUT2D eigenvalue weighted by Gasteiger charge is 2.33. The summed E-state index contributed by atoms with van der Waals surface area (Å²) in [6.45, 7) is 0.661. The summed E-state index contributed by atoms with van der Waals surface area (Å²) in [5.74, 6) is 0.107. The predicted octanol–water partition coefficient (Wildman–Crippen LogP) is 3.61. The van der Waals surface area contributed by atoms with E-state index in [1.807, 2.05) is 48.5 Å². The van der Waals surface area contributed by atoms with E-state index in [0.717, 1.165) is 31.2 Å². The average Bonchev–Trinajstić information content (AvgIpc) is 3.04. The first-order chi connectivity index (χ1) is 11.1. The van der Waals surface area contributed by atoms with Crippen LogP contribution in [-0.2, 0) is 22.2 Å². The molecule has 1 atom stereocenters. The van der Waals surface area contributed by atoms with E-state index in [1.165, 1.54) is 5.56 Å². The van der Waals surface area contributed by atoms with E-state index in [4.69, 9.17) is 0 Å². The lowest BCUT2D eigenvalue weighted by Crippen LogP contribution is -2.36. The van der Waals surface area contributed by atoms with Gasteiger partial charge in [0.1, 0.15) is 0 Å². The molecule has 122 valence electrons. The second-order valence-corrected chi connectivity index (χ2v) is 8.09. The molecule has 23 heavy (non-hydrogen) atoms. The Morgan fingerprint density at radius 2 is 1.52 bits per heavy atom. The highest BCUT2D eigenvalue weighted by atomic mass is 32.2. The van der Waals surface area contributed by atoms with Crippen LogP contribution in [0.4, 0.5) is 0 Å². The summed E-state index contributed by atoms with van der Waals surface area (Å²) in [6.07, 6.45) is 3.77. The van der Waals surface area contributed by atoms with Gasteiger partial charge < -0.3 is 0 Å². The second kappa shape index (κ2) is 7.28. The summed E-state index contributed by atoms with van der Waals surface area (Å²) in [4.78, 5) is 0. The number of hydrogen-bond donors (Lipinski definition) is 0. The molecule has 0 bridgehead atoms. The van der Waals surface area contributed by atoms with Crippen LogP contribution in [0, 0.1) is 0 Å². The SMILES string of the molecule is O=S(=O)(Cc1ccccc1)N1CCC[C@@H]1CCc1ccccc1. The maximum atomic E-state index is 12.7. The summed E-state index contributed by atoms with van der Waals surface area (Å²) in [7, 11) is -3.23. The van der Waals surface area contributed by atoms with E-state index in [-0.39, 0.29) is 11.8 Å². The molecule has 0 aromatic heterocycles. The smallest absolute Gasteiger partial charge is 0.212 e. The highest BCUT2D eigenvalue weighted by Crippen LogP contribution is 2.26. The van der Waals surface area contributed by atoms with Crippen LogP contribution in [0.2, 0.25) is 0 Å². The van der Waals surface area contributed by atoms with E-state index in [1.54, 1.807) is 4.31 Å². The van der Waals surface area contributed by atoms with Crippen LogP contribution < -0.4 is 0 Å². The first-order valence-electron chi connectivity index (χ1n) is 8.22. The van der Waals surface area contributed by atoms with Crippen LogP contribution in [-0.4, -0.2) is 25.3 Å². The van der Waals surface area contributed by atoms with Gasteiger partial charge in [0.2, 0.25) is 10.0 Å². The Bertz CT molecular complexity index is 714. The fourth-order valence-corrected chi connectivity index (χ4v) is 5.16. The molecular formula is C19H23NO2S. The zero-order valence-corrected chi connectivity index (χ0v) is 14.1. The van der Waals surface area contributed by atoms with Crippen LogP contribution in [0.3, 0.4) is 0 Å². The maximum Gasteiger partial charge on any atom is 0.218 e. The molecule has 1 fully saturated rings. The van der Waals surface area contributed by atoms with Gasteiger partial charge >= 0.3 is 0 Å². The van der Waals surface area contributed by atoms with Crippen molar-refractivity contribution < 1.29 is 8.42 Å². The molecule has 0 spiro atoms. The molecule has 1 aliphatic heterocycles. The molecule has 0 amide bonds. The van der Waals surface area contributed by atoms with E-state index >= 15 is 0 Å². The first-order valence-corrected chi connectivity index (χ1v) is 9.83. The molecule has 3 nitrogen and oxygen atoms in total. The van der Waals surface area contributed by atoms with Crippen molar-refractivity contribution in [1.82, 2.24) is 4.31 Å². The lowest BCUT2D eigenvalue weighted by molar-refractivity contribution is 0.370. The van der Waals surface area contributed by atoms with Gasteiger partial charge in [-0.25, -0.2) is 8.42 Å². The first kappa shape index (κ1) is 16.2. The van der Waals surface area contributed by atoms with Crippen LogP contribution in [0.25, 0.3) is 0 Å². The van der Waals surface area contributed by atoms with Crippen LogP contribution in [0.1, 0.15) is 30.4 Å². The molecule has 4 heteroatoms. The Morgan fingerprint density at radius 1 is 0.913 bits per heavy atom. The molecule has 1 aliphatic rings. The Hall–Kier alpha value is -1.65. The summed E-state index contributed by atoms with van der Waals surface area (Å²) in [5, 5.41) is 0. The van der Waals surface area contributed by atoms with Crippen LogP contribution >= 0.6 is 0 Å². The molecule has 0 saturated carbocycles. The Morgan fingerprint density at radius 3 is 2.17 bits per heavy atom. The van der Waals surface area contributed by atoms with E-state index in [0.29, 0.717) is 6.54 Å². The van der Waals surface area contributed by atoms with Gasteiger partial charge in [0.05, 0.1) is 5.75 Å². The minimum absolute atomic E-state index is 0.107. The number of hydrogen-bond acceptors (Lipinski definition) is 2. The lowest BCUT2D eigenvalue weighted by atomic mass is 10.0. The number of aryl methyl sites for hydroxylation is 1. The minimum atomic E-state index is -3.23. The summed E-state index contributed by atoms with van der Waals surface area (Å²) >= 11 is 0. The largest absolute Gasteiger partial charge is 0.218 e. The summed E-state index contributed by atoms with van der Waals surface area (Å²) < 4.78 is 27.2. The Balaban J connectivity index is 1.66. The average molecular weight is 329 g/mol. The van der Waals surface area contributed by atoms with Crippen LogP contribution in [0.15, 0.2) is 60.7 Å². The monoisotopic (exact) mass is 329 g/mol. The number of sulfonamides is 1. The predicted molar refractivity (Wildman–Crippen MR) is 93.6 cm³/mol. The van der Waals surface area contributed by atoms with Crippen molar-refractivity contribution in [1.29, 1.82) is 0 Å². The molecule has 1 heterocycles. The van der Waals surface area contributed by atoms with Crippen LogP contribution in [0.5, 0.6) is 0 Å². The van der Waals surface area contributed by atoms with Crippen molar-refractivity contribution in [3.63, 3.8) is 0 Å². The van der Waals surface area contributed by atoms with Crippen molar-refractivity contribution in [2.75, 3.05) is 6.54 Å². The van der Waals surface area contributed by atoms with E-state index in [2.05, 4.69) is 12.1 Å². The van der Waals surface area contributed by atoms with Gasteiger partial charge in [0.15, 0.2) is 0 Å². The number of benzene rings is 2. The topological polar surface area (TPSA) is 37.4 Å². The summed E-state index contributed by atoms with van der Waals surface area (Å²) in [5.41, 5.74) is 2.14. The third-order valence-electron chi connectivity index (χ3n) is 4.48. The fourth-order valence-electron chi connectivity index (χ4n) is 3.31. The standard InChI is InChI=1S/C19H23NO2S/c21-23(22,16-18-10-5-2-6-11-18)20-15-7-12-19(20)14-13-17-8-3-1-4-9-17/h1-6,8-11,19H,7,12-16H2/t19-/m1/s1. The van der Waals surface area contributed by atoms with Gasteiger partial charge in [-0.2, -0.15) is 4.31 Å². The quantitative estimate of drug-likeness (QED) is 0.812. The van der Waals surface area contributed by atoms with Gasteiger partial charge in [-0.15, -0.1) is 0 Å². The molecule has 2 aromatic carbocycles. The number of nitrogens with zero attached hydrogens (tertiary/aromatic N) is 1. The lowest BCUT2D eigenvalue weighted by Gasteiger charge is -2.24. The van der Waals surface area contributed by atoms with Crippen molar-refractivity contribution in [2.24, 2.45) is 0 Å². The minimum Gasteiger partial charge on any atom is -0.212 e. The van der Waals surface area contributed by atoms with Crippen molar-refractivity contribution in [2.45, 2.75) is 37.5 Å². The third-order valence-corrected chi connectivity index (χ3v) is 6.37. The van der Waals surface area contributed by atoms with Crippen molar-refractivity contribution >= 4 is 10.0 Å². The summed E-state index contributed by atoms with van der Waals surface area (Å²) in [6, 6.07) is 19.9. The van der Waals surface area contributed by atoms with Gasteiger partial charge in [0.25, 0.3) is 0 Å². The van der Waals surface area contributed by atoms with Gasteiger partial charge in [-0.3, -0.25) is 0 Å². The molecule has 0 N–H and O–H groups in total. The number of rotatable bonds is 6. The van der Waals surface area contributed by atoms with E-state index in [9.17, 15) is 8.42 Å². The van der Waals surface area contributed by atoms with Gasteiger partial charge in [-0.1, -0.05) is 60.7 Å². The Labute approximate surface area is 139 Å². The molecule has 3 rings (SSSR count). The molecular weight excluding hydrogens is 306 g/mol. The fraction of sp³-hybridized carbons (Fsp3) is 0.368. The van der Waals surface area contributed by atoms with Crippen molar-refractivity contribution in [3.05, 3.63) is 71.8 Å². The Kier molecular flexibility index (Phi) is 5.13. The molecule has 0 radical (unpaired) electrons. The normalized spacial score (nSPS) is 19.0. The second-order valence-electron chi connectivity index (χ2n) is 6.17. The van der Waals surface area contributed by atoms with Gasteiger partial charge in [0, 0.05) is 12.6 Å². The molecule has 0 unspecified atom stereocenters. The molecule has 2 aromatic rings. The molecule has 0 aliphatic carbocycles. The molecule has 1 saturated heterocycles. The van der Waals surface area contributed by atoms with Gasteiger partial charge in [-0.05, 0) is 36.8 Å². The van der Waals surface area contributed by atoms with E-state index < -0.39 is 10.0 Å². The van der Waals surface area contributed by atoms with Crippen molar-refractivity contribution in [3.8, 4) is 0 Å². The maximum absolute atomic E-state index is 12.7. The zero-order chi connectivity index (χ0) is 16.1. The highest BCUT2D eigenvalue weighted by molar-refractivity contribution is 7.88.